The second-order valence-electron chi connectivity index (χ2n) is 10.0. The molecule has 0 aromatic heterocycles. The molecule has 1 aliphatic heterocycles. The molecule has 1 fully saturated rings. The number of aliphatic hydroxyl groups is 1. The van der Waals surface area contributed by atoms with E-state index in [4.69, 9.17) is 14.2 Å². The normalized spacial score (nSPS) is 19.6. The molecule has 4 aromatic carbocycles. The van der Waals surface area contributed by atoms with Crippen molar-refractivity contribution in [2.45, 2.75) is 30.6 Å². The highest BCUT2D eigenvalue weighted by Crippen LogP contribution is 2.39. The Morgan fingerprint density at radius 1 is 0.927 bits per heavy atom. The van der Waals surface area contributed by atoms with Gasteiger partial charge in [-0.25, -0.2) is 0 Å². The van der Waals surface area contributed by atoms with E-state index in [9.17, 15) is 14.7 Å². The zero-order chi connectivity index (χ0) is 28.9. The summed E-state index contributed by atoms with van der Waals surface area (Å²) in [5.74, 6) is -1.05. The van der Waals surface area contributed by atoms with Gasteiger partial charge in [0.2, 0.25) is 5.91 Å². The minimum Gasteiger partial charge on any atom is -0.497 e. The van der Waals surface area contributed by atoms with Crippen molar-refractivity contribution in [1.29, 1.82) is 0 Å². The van der Waals surface area contributed by atoms with Crippen molar-refractivity contribution in [1.82, 2.24) is 10.2 Å². The van der Waals surface area contributed by atoms with Crippen LogP contribution in [0.15, 0.2) is 91.0 Å². The van der Waals surface area contributed by atoms with Crippen LogP contribution in [0.4, 0.5) is 0 Å². The van der Waals surface area contributed by atoms with Gasteiger partial charge in [-0.15, -0.1) is 0 Å². The Hall–Kier alpha value is -4.40. The summed E-state index contributed by atoms with van der Waals surface area (Å²) in [6.07, 6.45) is 0. The number of rotatable bonds is 9. The number of piperazine rings is 1. The largest absolute Gasteiger partial charge is 0.497 e. The van der Waals surface area contributed by atoms with Gasteiger partial charge in [-0.2, -0.15) is 0 Å². The van der Waals surface area contributed by atoms with Crippen LogP contribution in [0.5, 0.6) is 11.5 Å². The number of amides is 1. The second-order valence-corrected chi connectivity index (χ2v) is 10.0. The van der Waals surface area contributed by atoms with E-state index in [-0.39, 0.29) is 19.1 Å². The fourth-order valence-corrected chi connectivity index (χ4v) is 5.79. The number of hydrogen-bond acceptors (Lipinski definition) is 7. The van der Waals surface area contributed by atoms with E-state index in [2.05, 4.69) is 5.32 Å². The Bertz CT molecular complexity index is 1520. The summed E-state index contributed by atoms with van der Waals surface area (Å²) in [4.78, 5) is 29.6. The lowest BCUT2D eigenvalue weighted by molar-refractivity contribution is -0.152. The summed E-state index contributed by atoms with van der Waals surface area (Å²) >= 11 is 0. The van der Waals surface area contributed by atoms with E-state index < -0.39 is 30.0 Å². The van der Waals surface area contributed by atoms with Gasteiger partial charge in [-0.3, -0.25) is 14.9 Å². The molecule has 0 saturated carbocycles. The maximum absolute atomic E-state index is 14.4. The van der Waals surface area contributed by atoms with E-state index >= 15 is 0 Å². The monoisotopic (exact) mass is 554 g/mol. The Balaban J connectivity index is 1.69. The van der Waals surface area contributed by atoms with Gasteiger partial charge >= 0.3 is 5.97 Å². The van der Waals surface area contributed by atoms with E-state index in [1.54, 1.807) is 23.1 Å². The van der Waals surface area contributed by atoms with Gasteiger partial charge in [0.1, 0.15) is 23.5 Å². The van der Waals surface area contributed by atoms with Crippen LogP contribution in [0.25, 0.3) is 10.8 Å². The van der Waals surface area contributed by atoms with Gasteiger partial charge in [0, 0.05) is 12.1 Å². The number of carbonyl (C=O) groups excluding carboxylic acids is 2. The lowest BCUT2D eigenvalue weighted by Crippen LogP contribution is -2.64. The number of ether oxygens (including phenoxy) is 3. The third kappa shape index (κ3) is 5.49. The van der Waals surface area contributed by atoms with E-state index in [1.807, 2.05) is 72.8 Å². The minimum absolute atomic E-state index is 0.257. The highest BCUT2D eigenvalue weighted by molar-refractivity contribution is 5.93. The standard InChI is InChI=1S/C33H34N2O6/c1-39-23-16-17-28(40-2)26(18-23)29(33(38)41-3)31-32(37)35(19-21-10-5-4-6-11-21)27(20-36)30(34-31)25-15-9-13-22-12-7-8-14-24(22)25/h4-18,27,29-31,34,36H,19-20H2,1-3H3/t27-,29+,30-,31-/m1/s1. The van der Waals surface area contributed by atoms with Gasteiger partial charge < -0.3 is 24.2 Å². The number of carbonyl (C=O) groups is 2. The van der Waals surface area contributed by atoms with Crippen molar-refractivity contribution in [2.75, 3.05) is 27.9 Å². The summed E-state index contributed by atoms with van der Waals surface area (Å²) in [5, 5.41) is 16.3. The molecule has 4 atom stereocenters. The first kappa shape index (κ1) is 28.1. The lowest BCUT2D eigenvalue weighted by atomic mass is 9.83. The van der Waals surface area contributed by atoms with Crippen molar-refractivity contribution in [3.8, 4) is 11.5 Å². The molecule has 0 spiro atoms. The number of methoxy groups -OCH3 is 3. The number of nitrogens with one attached hydrogen (secondary N) is 1. The number of esters is 1. The van der Waals surface area contributed by atoms with E-state index in [1.165, 1.54) is 21.3 Å². The highest BCUT2D eigenvalue weighted by Gasteiger charge is 2.48. The average molecular weight is 555 g/mol. The quantitative estimate of drug-likeness (QED) is 0.299. The molecule has 212 valence electrons. The number of fused-ring (bicyclic) bond motifs is 1. The molecule has 0 aliphatic carbocycles. The van der Waals surface area contributed by atoms with Crippen molar-refractivity contribution in [2.24, 2.45) is 0 Å². The summed E-state index contributed by atoms with van der Waals surface area (Å²) in [6.45, 7) is -0.0228. The first-order chi connectivity index (χ1) is 20.0. The zero-order valence-electron chi connectivity index (χ0n) is 23.3. The van der Waals surface area contributed by atoms with Crippen LogP contribution in [0.1, 0.15) is 28.7 Å². The number of hydrogen-bond donors (Lipinski definition) is 2. The second kappa shape index (κ2) is 12.4. The predicted molar refractivity (Wildman–Crippen MR) is 156 cm³/mol. The van der Waals surface area contributed by atoms with Crippen LogP contribution in [0.2, 0.25) is 0 Å². The van der Waals surface area contributed by atoms with Crippen molar-refractivity contribution < 1.29 is 28.9 Å². The molecule has 1 heterocycles. The summed E-state index contributed by atoms with van der Waals surface area (Å²) in [5.41, 5.74) is 2.28. The molecular weight excluding hydrogens is 520 g/mol. The Morgan fingerprint density at radius 2 is 1.66 bits per heavy atom. The Morgan fingerprint density at radius 3 is 2.37 bits per heavy atom. The Labute approximate surface area is 239 Å². The molecule has 0 bridgehead atoms. The molecule has 4 aromatic rings. The van der Waals surface area contributed by atoms with Crippen LogP contribution >= 0.6 is 0 Å². The maximum Gasteiger partial charge on any atom is 0.315 e. The smallest absolute Gasteiger partial charge is 0.315 e. The topological polar surface area (TPSA) is 97.3 Å². The van der Waals surface area contributed by atoms with Gasteiger partial charge in [-0.05, 0) is 40.1 Å². The van der Waals surface area contributed by atoms with Crippen LogP contribution in [0, 0.1) is 0 Å². The molecular formula is C33H34N2O6. The summed E-state index contributed by atoms with van der Waals surface area (Å²) in [7, 11) is 4.35. The number of benzene rings is 4. The fraction of sp³-hybridized carbons (Fsp3) is 0.273. The molecule has 8 nitrogen and oxygen atoms in total. The minimum atomic E-state index is -1.06. The van der Waals surface area contributed by atoms with Crippen LogP contribution in [-0.4, -0.2) is 61.9 Å². The van der Waals surface area contributed by atoms with Gasteiger partial charge in [0.25, 0.3) is 0 Å². The molecule has 5 rings (SSSR count). The third-order valence-corrected chi connectivity index (χ3v) is 7.79. The predicted octanol–water partition coefficient (Wildman–Crippen LogP) is 4.22. The molecule has 8 heteroatoms. The first-order valence-electron chi connectivity index (χ1n) is 13.5. The average Bonchev–Trinajstić information content (AvgIpc) is 3.02. The molecule has 1 saturated heterocycles. The molecule has 2 N–H and O–H groups in total. The van der Waals surface area contributed by atoms with Gasteiger partial charge in [-0.1, -0.05) is 72.8 Å². The molecule has 0 radical (unpaired) electrons. The summed E-state index contributed by atoms with van der Waals surface area (Å²) < 4.78 is 16.3. The van der Waals surface area contributed by atoms with Crippen molar-refractivity contribution >= 4 is 22.6 Å². The highest BCUT2D eigenvalue weighted by atomic mass is 16.5. The number of nitrogens with zero attached hydrogens (tertiary/aromatic N) is 1. The maximum atomic E-state index is 14.4. The summed E-state index contributed by atoms with van der Waals surface area (Å²) in [6, 6.07) is 26.6. The van der Waals surface area contributed by atoms with E-state index in [0.717, 1.165) is 21.9 Å². The SMILES string of the molecule is COC(=O)[C@@H](c1cc(OC)ccc1OC)[C@H]1N[C@H](c2cccc3ccccc23)[C@@H](CO)N(Cc2ccccc2)C1=O. The molecule has 1 aliphatic rings. The first-order valence-corrected chi connectivity index (χ1v) is 13.5. The lowest BCUT2D eigenvalue weighted by Gasteiger charge is -2.46. The zero-order valence-corrected chi connectivity index (χ0v) is 23.3. The molecule has 0 unspecified atom stereocenters. The van der Waals surface area contributed by atoms with Gasteiger partial charge in [0.05, 0.1) is 40.0 Å². The third-order valence-electron chi connectivity index (χ3n) is 7.79. The molecule has 1 amide bonds. The van der Waals surface area contributed by atoms with Gasteiger partial charge in [0.15, 0.2) is 0 Å². The van der Waals surface area contributed by atoms with Crippen LogP contribution < -0.4 is 14.8 Å². The number of aliphatic hydroxyl groups excluding tert-OH is 1. The fourth-order valence-electron chi connectivity index (χ4n) is 5.79. The molecule has 41 heavy (non-hydrogen) atoms. The van der Waals surface area contributed by atoms with Crippen molar-refractivity contribution in [3.05, 3.63) is 108 Å². The van der Waals surface area contributed by atoms with Crippen molar-refractivity contribution in [3.63, 3.8) is 0 Å². The Kier molecular flexibility index (Phi) is 8.52. The van der Waals surface area contributed by atoms with Crippen LogP contribution in [0.3, 0.4) is 0 Å². The van der Waals surface area contributed by atoms with E-state index in [0.29, 0.717) is 17.1 Å². The van der Waals surface area contributed by atoms with Crippen LogP contribution in [-0.2, 0) is 20.9 Å².